The number of aromatic carboxylic acids is 2. The number of carboxylic acid groups (broad SMARTS) is 2. The summed E-state index contributed by atoms with van der Waals surface area (Å²) in [5.74, 6) is -3.47. The molecule has 0 aliphatic carbocycles. The topological polar surface area (TPSA) is 197 Å². The maximum absolute atomic E-state index is 11.4. The molecule has 0 spiro atoms. The van der Waals surface area contributed by atoms with Gasteiger partial charge in [-0.3, -0.25) is 19.2 Å². The van der Waals surface area contributed by atoms with Crippen molar-refractivity contribution in [3.8, 4) is 0 Å². The number of Topliss-reactive ketones (excluding diaryl/α,β-unsaturated/α-hetero) is 2. The summed E-state index contributed by atoms with van der Waals surface area (Å²) in [4.78, 5) is 67.6. The van der Waals surface area contributed by atoms with Crippen LogP contribution in [-0.2, 0) is 19.2 Å². The molecule has 2 aromatic rings. The molecule has 0 aromatic heterocycles. The van der Waals surface area contributed by atoms with E-state index in [1.165, 1.54) is 27.7 Å². The second-order valence-electron chi connectivity index (χ2n) is 8.18. The van der Waals surface area contributed by atoms with Crippen molar-refractivity contribution in [2.24, 2.45) is 0 Å². The Labute approximate surface area is 347 Å². The number of hydrogen-bond acceptors (Lipinski definition) is 10. The summed E-state index contributed by atoms with van der Waals surface area (Å²) in [7, 11) is 0. The Kier molecular flexibility index (Phi) is 20.1. The standard InChI is InChI=1S/2C12H11I3N2O4.Mg.2H/c2*1-4(18)3-16-10-7(13)6(12(20)21)8(14)11(9(10)15)17-5(2)19;;;/h2*16H,3H2,1-2H3,(H,17,19)(H,20,21);;;/q;;+2;2*-1/p-2. The van der Waals surface area contributed by atoms with Gasteiger partial charge in [-0.2, -0.15) is 0 Å². The second kappa shape index (κ2) is 19.9. The number of benzene rings is 2. The molecule has 0 atom stereocenters. The van der Waals surface area contributed by atoms with E-state index in [4.69, 9.17) is 0 Å². The van der Waals surface area contributed by atoms with Crippen LogP contribution in [0.5, 0.6) is 0 Å². The van der Waals surface area contributed by atoms with Crippen LogP contribution in [0, 0.1) is 21.4 Å². The largest absolute Gasteiger partial charge is 2.00 e. The van der Waals surface area contributed by atoms with E-state index >= 15 is 0 Å². The number of carboxylic acids is 2. The summed E-state index contributed by atoms with van der Waals surface area (Å²) >= 11 is 11.5. The van der Waals surface area contributed by atoms with E-state index in [0.717, 1.165) is 0 Å². The van der Waals surface area contributed by atoms with E-state index in [1.54, 1.807) is 0 Å². The first-order valence-corrected chi connectivity index (χ1v) is 17.7. The fourth-order valence-corrected chi connectivity index (χ4v) is 11.5. The van der Waals surface area contributed by atoms with E-state index in [0.29, 0.717) is 44.2 Å². The molecule has 0 aliphatic heterocycles. The minimum absolute atomic E-state index is 0. The number of rotatable bonds is 10. The summed E-state index contributed by atoms with van der Waals surface area (Å²) in [5, 5.41) is 33.8. The van der Waals surface area contributed by atoms with Gasteiger partial charge in [0.05, 0.1) is 54.9 Å². The molecule has 0 fully saturated rings. The zero-order chi connectivity index (χ0) is 32.6. The van der Waals surface area contributed by atoms with Crippen molar-refractivity contribution >= 4 is 217 Å². The first-order valence-electron chi connectivity index (χ1n) is 11.2. The van der Waals surface area contributed by atoms with Crippen LogP contribution in [0.4, 0.5) is 22.7 Å². The predicted octanol–water partition coefficient (Wildman–Crippen LogP) is 3.49. The smallest absolute Gasteiger partial charge is 1.00 e. The number of hydrogen-bond donors (Lipinski definition) is 4. The van der Waals surface area contributed by atoms with Crippen molar-refractivity contribution in [1.82, 2.24) is 0 Å². The fourth-order valence-electron chi connectivity index (χ4n) is 2.99. The van der Waals surface area contributed by atoms with E-state index in [9.17, 15) is 39.0 Å². The third-order valence-corrected chi connectivity index (χ3v) is 11.1. The van der Waals surface area contributed by atoms with E-state index < -0.39 is 11.9 Å². The molecule has 12 nitrogen and oxygen atoms in total. The number of nitrogens with one attached hydrogen (secondary N) is 4. The molecule has 0 saturated carbocycles. The summed E-state index contributed by atoms with van der Waals surface area (Å²) in [6.45, 7) is 5.66. The summed E-state index contributed by atoms with van der Waals surface area (Å²) in [6, 6.07) is 0. The number of carbonyl (C=O) groups excluding carboxylic acids is 6. The van der Waals surface area contributed by atoms with Gasteiger partial charge in [0.1, 0.15) is 11.6 Å². The minimum atomic E-state index is -1.34. The van der Waals surface area contributed by atoms with Crippen molar-refractivity contribution in [2.75, 3.05) is 34.4 Å². The molecule has 0 saturated heterocycles. The van der Waals surface area contributed by atoms with Gasteiger partial charge in [0.15, 0.2) is 0 Å². The minimum Gasteiger partial charge on any atom is -1.00 e. The van der Waals surface area contributed by atoms with E-state index in [-0.39, 0.29) is 73.5 Å². The first kappa shape index (κ1) is 43.4. The van der Waals surface area contributed by atoms with Gasteiger partial charge in [-0.05, 0) is 149 Å². The molecular formula is C24H22I6MgN4O8-2. The summed E-state index contributed by atoms with van der Waals surface area (Å²) in [6.07, 6.45) is 0. The molecule has 0 unspecified atom stereocenters. The van der Waals surface area contributed by atoms with Crippen LogP contribution in [0.25, 0.3) is 0 Å². The van der Waals surface area contributed by atoms with Crippen LogP contribution in [0.2, 0.25) is 0 Å². The average Bonchev–Trinajstić information content (AvgIpc) is 2.83. The SMILES string of the molecule is CC(=O)CNc1c(I)c(NC(C)=O)c(I)c(C(=O)[O-])c1I.CC(=O)CNc1c(I)c(NC(C)=O)c(I)c(C(=O)[O-])c1I.[H-].[H-].[Mg+2]. The molecule has 2 aromatic carbocycles. The molecule has 0 bridgehead atoms. The molecule has 2 rings (SSSR count). The molecule has 0 radical (unpaired) electrons. The van der Waals surface area contributed by atoms with Crippen molar-refractivity contribution in [3.05, 3.63) is 32.5 Å². The second-order valence-corrected chi connectivity index (χ2v) is 14.7. The molecular weight excluding hydrogens is 1260 g/mol. The van der Waals surface area contributed by atoms with Crippen LogP contribution >= 0.6 is 136 Å². The summed E-state index contributed by atoms with van der Waals surface area (Å²) in [5.41, 5.74) is 1.77. The normalized spacial score (nSPS) is 9.91. The van der Waals surface area contributed by atoms with E-state index in [1.807, 2.05) is 136 Å². The number of amides is 2. The van der Waals surface area contributed by atoms with Crippen molar-refractivity contribution in [1.29, 1.82) is 0 Å². The number of anilines is 4. The Morgan fingerprint density at radius 3 is 1.00 bits per heavy atom. The molecule has 4 N–H and O–H groups in total. The van der Waals surface area contributed by atoms with Crippen LogP contribution in [0.1, 0.15) is 51.3 Å². The van der Waals surface area contributed by atoms with Crippen molar-refractivity contribution in [2.45, 2.75) is 27.7 Å². The van der Waals surface area contributed by atoms with Crippen LogP contribution in [0.15, 0.2) is 0 Å². The molecule has 43 heavy (non-hydrogen) atoms. The van der Waals surface area contributed by atoms with Gasteiger partial charge in [0.2, 0.25) is 11.8 Å². The number of carbonyl (C=O) groups is 6. The molecule has 0 aliphatic rings. The Hall–Kier alpha value is 0.406. The third kappa shape index (κ3) is 12.5. The number of ketones is 2. The van der Waals surface area contributed by atoms with E-state index in [2.05, 4.69) is 21.3 Å². The van der Waals surface area contributed by atoms with Gasteiger partial charge in [0.25, 0.3) is 0 Å². The average molecular weight is 1280 g/mol. The predicted molar refractivity (Wildman–Crippen MR) is 213 cm³/mol. The molecule has 19 heteroatoms. The summed E-state index contributed by atoms with van der Waals surface area (Å²) < 4.78 is 2.95. The maximum atomic E-state index is 11.4. The Morgan fingerprint density at radius 2 is 0.791 bits per heavy atom. The van der Waals surface area contributed by atoms with Crippen LogP contribution in [-0.4, -0.2) is 71.5 Å². The Balaban J connectivity index is -0.000000735. The Bertz CT molecular complexity index is 1390. The molecule has 0 heterocycles. The maximum Gasteiger partial charge on any atom is 2.00 e. The van der Waals surface area contributed by atoms with Gasteiger partial charge >= 0.3 is 23.1 Å². The van der Waals surface area contributed by atoms with Crippen molar-refractivity contribution in [3.63, 3.8) is 0 Å². The van der Waals surface area contributed by atoms with Gasteiger partial charge in [-0.1, -0.05) is 0 Å². The molecule has 232 valence electrons. The van der Waals surface area contributed by atoms with Crippen LogP contribution < -0.4 is 31.5 Å². The van der Waals surface area contributed by atoms with Gasteiger partial charge in [0, 0.05) is 39.3 Å². The van der Waals surface area contributed by atoms with Gasteiger partial charge in [-0.25, -0.2) is 0 Å². The van der Waals surface area contributed by atoms with Crippen molar-refractivity contribution < 1.29 is 41.8 Å². The number of halogens is 6. The Morgan fingerprint density at radius 1 is 0.535 bits per heavy atom. The first-order chi connectivity index (χ1) is 19.3. The van der Waals surface area contributed by atoms with Gasteiger partial charge < -0.3 is 43.9 Å². The zero-order valence-electron chi connectivity index (χ0n) is 24.7. The monoisotopic (exact) mass is 1280 g/mol. The third-order valence-electron chi connectivity index (χ3n) is 4.67. The van der Waals surface area contributed by atoms with Gasteiger partial charge in [-0.15, -0.1) is 0 Å². The quantitative estimate of drug-likeness (QED) is 0.202. The zero-order valence-corrected chi connectivity index (χ0v) is 37.0. The molecule has 2 amide bonds. The fraction of sp³-hybridized carbons (Fsp3) is 0.250. The van der Waals surface area contributed by atoms with Crippen LogP contribution in [0.3, 0.4) is 0 Å².